The molecule has 2 aromatic rings. The fourth-order valence-corrected chi connectivity index (χ4v) is 2.14. The summed E-state index contributed by atoms with van der Waals surface area (Å²) in [7, 11) is 4.87. The van der Waals surface area contributed by atoms with Crippen molar-refractivity contribution in [3.05, 3.63) is 53.6 Å². The summed E-state index contributed by atoms with van der Waals surface area (Å²) in [6.45, 7) is 0. The van der Waals surface area contributed by atoms with Crippen molar-refractivity contribution in [3.63, 3.8) is 0 Å². The van der Waals surface area contributed by atoms with Crippen LogP contribution in [0.4, 0.5) is 24.5 Å². The molecule has 24 heavy (non-hydrogen) atoms. The van der Waals surface area contributed by atoms with Crippen molar-refractivity contribution in [2.75, 3.05) is 31.4 Å². The van der Waals surface area contributed by atoms with Gasteiger partial charge in [0.1, 0.15) is 5.75 Å². The summed E-state index contributed by atoms with van der Waals surface area (Å²) < 4.78 is 43.7. The van der Waals surface area contributed by atoms with Gasteiger partial charge in [0, 0.05) is 19.7 Å². The molecule has 0 saturated heterocycles. The Bertz CT molecular complexity index is 726. The molecule has 0 saturated carbocycles. The number of anilines is 2. The van der Waals surface area contributed by atoms with Gasteiger partial charge in [0.25, 0.3) is 5.91 Å². The molecule has 0 aliphatic heterocycles. The monoisotopic (exact) mass is 338 g/mol. The molecule has 0 fully saturated rings. The molecule has 2 rings (SSSR count). The molecule has 2 aromatic carbocycles. The molecule has 4 nitrogen and oxygen atoms in total. The molecule has 0 unspecified atom stereocenters. The Morgan fingerprint density at radius 2 is 1.71 bits per heavy atom. The van der Waals surface area contributed by atoms with Crippen LogP contribution in [-0.2, 0) is 6.18 Å². The van der Waals surface area contributed by atoms with Crippen molar-refractivity contribution in [2.45, 2.75) is 6.18 Å². The van der Waals surface area contributed by atoms with Gasteiger partial charge in [0.15, 0.2) is 0 Å². The Labute approximate surface area is 137 Å². The van der Waals surface area contributed by atoms with Gasteiger partial charge in [-0.15, -0.1) is 0 Å². The molecule has 0 spiro atoms. The molecule has 128 valence electrons. The maximum Gasteiger partial charge on any atom is 0.416 e. The number of alkyl halides is 3. The number of benzene rings is 2. The van der Waals surface area contributed by atoms with Gasteiger partial charge < -0.3 is 15.0 Å². The van der Waals surface area contributed by atoms with Gasteiger partial charge in [-0.25, -0.2) is 0 Å². The van der Waals surface area contributed by atoms with E-state index >= 15 is 0 Å². The molecule has 0 atom stereocenters. The van der Waals surface area contributed by atoms with E-state index < -0.39 is 17.6 Å². The molecular formula is C17H17F3N2O2. The summed E-state index contributed by atoms with van der Waals surface area (Å²) in [6, 6.07) is 9.53. The molecule has 0 aliphatic rings. The van der Waals surface area contributed by atoms with Gasteiger partial charge in [-0.1, -0.05) is 0 Å². The maximum atomic E-state index is 12.9. The molecule has 0 aliphatic carbocycles. The Balaban J connectivity index is 2.33. The third-order valence-corrected chi connectivity index (χ3v) is 3.41. The lowest BCUT2D eigenvalue weighted by molar-refractivity contribution is -0.137. The van der Waals surface area contributed by atoms with Crippen molar-refractivity contribution in [1.82, 2.24) is 0 Å². The molecule has 7 heteroatoms. The second-order valence-electron chi connectivity index (χ2n) is 5.31. The minimum atomic E-state index is -4.48. The second-order valence-corrected chi connectivity index (χ2v) is 5.31. The topological polar surface area (TPSA) is 41.6 Å². The smallest absolute Gasteiger partial charge is 0.416 e. The van der Waals surface area contributed by atoms with Crippen LogP contribution in [0.3, 0.4) is 0 Å². The number of carbonyl (C=O) groups is 1. The van der Waals surface area contributed by atoms with Crippen LogP contribution in [0, 0.1) is 0 Å². The van der Waals surface area contributed by atoms with Crippen molar-refractivity contribution in [2.24, 2.45) is 0 Å². The quantitative estimate of drug-likeness (QED) is 0.915. The van der Waals surface area contributed by atoms with Crippen LogP contribution < -0.4 is 15.0 Å². The molecule has 1 N–H and O–H groups in total. The Kier molecular flexibility index (Phi) is 5.02. The van der Waals surface area contributed by atoms with Crippen molar-refractivity contribution in [1.29, 1.82) is 0 Å². The third-order valence-electron chi connectivity index (χ3n) is 3.41. The summed E-state index contributed by atoms with van der Waals surface area (Å²) in [4.78, 5) is 13.9. The average Bonchev–Trinajstić information content (AvgIpc) is 2.53. The first-order valence-corrected chi connectivity index (χ1v) is 7.06. The standard InChI is InChI=1S/C17H17F3N2O2/c1-22(2)15-9-6-12(17(18,19)20)10-14(15)21-16(23)11-4-7-13(24-3)8-5-11/h4-10H,1-3H3,(H,21,23). The average molecular weight is 338 g/mol. The van der Waals surface area contributed by atoms with Gasteiger partial charge in [0.2, 0.25) is 0 Å². The van der Waals surface area contributed by atoms with Crippen LogP contribution in [0.5, 0.6) is 5.75 Å². The predicted molar refractivity (Wildman–Crippen MR) is 86.7 cm³/mol. The lowest BCUT2D eigenvalue weighted by Gasteiger charge is -2.20. The molecular weight excluding hydrogens is 321 g/mol. The fraction of sp³-hybridized carbons (Fsp3) is 0.235. The molecule has 0 radical (unpaired) electrons. The van der Waals surface area contributed by atoms with E-state index in [4.69, 9.17) is 4.74 Å². The summed E-state index contributed by atoms with van der Waals surface area (Å²) in [6.07, 6.45) is -4.48. The van der Waals surface area contributed by atoms with Crippen molar-refractivity contribution < 1.29 is 22.7 Å². The second kappa shape index (κ2) is 6.82. The number of nitrogens with one attached hydrogen (secondary N) is 1. The van der Waals surface area contributed by atoms with E-state index in [0.717, 1.165) is 12.1 Å². The minimum absolute atomic E-state index is 0.0932. The number of nitrogens with zero attached hydrogens (tertiary/aromatic N) is 1. The highest BCUT2D eigenvalue weighted by atomic mass is 19.4. The van der Waals surface area contributed by atoms with E-state index in [1.165, 1.54) is 25.3 Å². The molecule has 1 amide bonds. The van der Waals surface area contributed by atoms with Crippen molar-refractivity contribution >= 4 is 17.3 Å². The number of carbonyl (C=O) groups excluding carboxylic acids is 1. The SMILES string of the molecule is COc1ccc(C(=O)Nc2cc(C(F)(F)F)ccc2N(C)C)cc1. The predicted octanol–water partition coefficient (Wildman–Crippen LogP) is 4.03. The van der Waals surface area contributed by atoms with Crippen LogP contribution in [0.2, 0.25) is 0 Å². The fourth-order valence-electron chi connectivity index (χ4n) is 2.14. The zero-order valence-corrected chi connectivity index (χ0v) is 13.4. The number of amides is 1. The van der Waals surface area contributed by atoms with E-state index in [0.29, 0.717) is 17.0 Å². The first kappa shape index (κ1) is 17.7. The Hall–Kier alpha value is -2.70. The summed E-state index contributed by atoms with van der Waals surface area (Å²) >= 11 is 0. The normalized spacial score (nSPS) is 11.1. The van der Waals surface area contributed by atoms with Gasteiger partial charge in [-0.05, 0) is 42.5 Å². The van der Waals surface area contributed by atoms with Gasteiger partial charge in [-0.3, -0.25) is 4.79 Å². The van der Waals surface area contributed by atoms with Crippen molar-refractivity contribution in [3.8, 4) is 5.75 Å². The number of hydrogen-bond donors (Lipinski definition) is 1. The Morgan fingerprint density at radius 3 is 2.21 bits per heavy atom. The Morgan fingerprint density at radius 1 is 1.08 bits per heavy atom. The zero-order valence-electron chi connectivity index (χ0n) is 13.4. The highest BCUT2D eigenvalue weighted by Crippen LogP contribution is 2.35. The third kappa shape index (κ3) is 3.98. The van der Waals surface area contributed by atoms with E-state index in [1.54, 1.807) is 31.1 Å². The van der Waals surface area contributed by atoms with E-state index in [1.807, 2.05) is 0 Å². The van der Waals surface area contributed by atoms with E-state index in [2.05, 4.69) is 5.32 Å². The lowest BCUT2D eigenvalue weighted by atomic mass is 10.1. The molecule has 0 bridgehead atoms. The van der Waals surface area contributed by atoms with Gasteiger partial charge in [-0.2, -0.15) is 13.2 Å². The lowest BCUT2D eigenvalue weighted by Crippen LogP contribution is -2.18. The zero-order chi connectivity index (χ0) is 17.9. The maximum absolute atomic E-state index is 12.9. The van der Waals surface area contributed by atoms with E-state index in [-0.39, 0.29) is 5.69 Å². The van der Waals surface area contributed by atoms with Crippen LogP contribution in [0.25, 0.3) is 0 Å². The van der Waals surface area contributed by atoms with Crippen LogP contribution in [0.15, 0.2) is 42.5 Å². The molecule has 0 heterocycles. The van der Waals surface area contributed by atoms with E-state index in [9.17, 15) is 18.0 Å². The first-order valence-electron chi connectivity index (χ1n) is 7.06. The first-order chi connectivity index (χ1) is 11.2. The van der Waals surface area contributed by atoms with Gasteiger partial charge in [0.05, 0.1) is 24.0 Å². The summed E-state index contributed by atoms with van der Waals surface area (Å²) in [5, 5.41) is 2.54. The van der Waals surface area contributed by atoms with Gasteiger partial charge >= 0.3 is 6.18 Å². The summed E-state index contributed by atoms with van der Waals surface area (Å²) in [5.74, 6) is 0.0830. The van der Waals surface area contributed by atoms with Crippen LogP contribution >= 0.6 is 0 Å². The number of rotatable bonds is 4. The van der Waals surface area contributed by atoms with Crippen LogP contribution in [0.1, 0.15) is 15.9 Å². The number of methoxy groups -OCH3 is 1. The molecule has 0 aromatic heterocycles. The van der Waals surface area contributed by atoms with Crippen LogP contribution in [-0.4, -0.2) is 27.1 Å². The largest absolute Gasteiger partial charge is 0.497 e. The summed E-state index contributed by atoms with van der Waals surface area (Å²) in [5.41, 5.74) is 0.0663. The number of ether oxygens (including phenoxy) is 1. The minimum Gasteiger partial charge on any atom is -0.497 e. The number of halogens is 3. The number of hydrogen-bond acceptors (Lipinski definition) is 3. The highest BCUT2D eigenvalue weighted by Gasteiger charge is 2.31. The highest BCUT2D eigenvalue weighted by molar-refractivity contribution is 6.06.